The lowest BCUT2D eigenvalue weighted by atomic mass is 10.2. The van der Waals surface area contributed by atoms with Crippen molar-refractivity contribution in [3.05, 3.63) is 17.3 Å². The van der Waals surface area contributed by atoms with Gasteiger partial charge in [-0.1, -0.05) is 6.92 Å². The number of nitrogens with zero attached hydrogens (tertiary/aromatic N) is 2. The molecule has 1 unspecified atom stereocenters. The smallest absolute Gasteiger partial charge is 0.186 e. The lowest BCUT2D eigenvalue weighted by Gasteiger charge is -2.13. The van der Waals surface area contributed by atoms with Crippen molar-refractivity contribution in [3.8, 4) is 0 Å². The van der Waals surface area contributed by atoms with E-state index in [2.05, 4.69) is 15.3 Å². The second kappa shape index (κ2) is 5.02. The van der Waals surface area contributed by atoms with Gasteiger partial charge in [0.15, 0.2) is 17.5 Å². The molecule has 0 aliphatic rings. The third kappa shape index (κ3) is 2.41. The van der Waals surface area contributed by atoms with Crippen LogP contribution in [0.4, 0.5) is 10.2 Å². The summed E-state index contributed by atoms with van der Waals surface area (Å²) in [5.41, 5.74) is 0.333. The maximum absolute atomic E-state index is 13.4. The van der Waals surface area contributed by atoms with E-state index < -0.39 is 5.82 Å². The molecular weight excluding hydrogens is 197 g/mol. The van der Waals surface area contributed by atoms with Crippen molar-refractivity contribution >= 4 is 5.82 Å². The zero-order valence-electron chi connectivity index (χ0n) is 9.47. The van der Waals surface area contributed by atoms with Gasteiger partial charge in [0, 0.05) is 14.2 Å². The van der Waals surface area contributed by atoms with Crippen LogP contribution in [0.2, 0.25) is 0 Å². The van der Waals surface area contributed by atoms with Crippen LogP contribution in [0.15, 0.2) is 0 Å². The Bertz CT molecular complexity index is 340. The summed E-state index contributed by atoms with van der Waals surface area (Å²) < 4.78 is 18.6. The number of anilines is 1. The normalized spacial score (nSPS) is 12.6. The van der Waals surface area contributed by atoms with Crippen molar-refractivity contribution in [2.24, 2.45) is 0 Å². The lowest BCUT2D eigenvalue weighted by molar-refractivity contribution is 0.0923. The predicted molar refractivity (Wildman–Crippen MR) is 56.3 cm³/mol. The molecule has 1 rings (SSSR count). The summed E-state index contributed by atoms with van der Waals surface area (Å²) in [4.78, 5) is 8.14. The monoisotopic (exact) mass is 213 g/mol. The standard InChI is InChI=1S/C10H16FN3O/c1-5-7(15-4)9-13-6(2)8(11)10(12-3)14-9/h7H,5H2,1-4H3,(H,12,13,14). The van der Waals surface area contributed by atoms with Crippen molar-refractivity contribution < 1.29 is 9.13 Å². The molecule has 0 fully saturated rings. The Hall–Kier alpha value is -1.23. The zero-order valence-corrected chi connectivity index (χ0v) is 9.47. The van der Waals surface area contributed by atoms with Crippen molar-refractivity contribution in [2.75, 3.05) is 19.5 Å². The minimum absolute atomic E-state index is 0.184. The minimum atomic E-state index is -0.410. The van der Waals surface area contributed by atoms with Gasteiger partial charge < -0.3 is 10.1 Å². The second-order valence-corrected chi connectivity index (χ2v) is 3.21. The molecule has 0 radical (unpaired) electrons. The maximum atomic E-state index is 13.4. The molecule has 0 aliphatic heterocycles. The molecule has 4 nitrogen and oxygen atoms in total. The average Bonchev–Trinajstić information content (AvgIpc) is 2.24. The lowest BCUT2D eigenvalue weighted by Crippen LogP contribution is -2.11. The summed E-state index contributed by atoms with van der Waals surface area (Å²) in [6, 6.07) is 0. The molecule has 0 aromatic carbocycles. The molecule has 1 N–H and O–H groups in total. The molecule has 0 amide bonds. The number of halogens is 1. The fraction of sp³-hybridized carbons (Fsp3) is 0.600. The van der Waals surface area contributed by atoms with Crippen LogP contribution in [0.1, 0.15) is 31.0 Å². The highest BCUT2D eigenvalue weighted by atomic mass is 19.1. The van der Waals surface area contributed by atoms with Crippen LogP contribution in [0.5, 0.6) is 0 Å². The van der Waals surface area contributed by atoms with Gasteiger partial charge in [-0.2, -0.15) is 0 Å². The van der Waals surface area contributed by atoms with Crippen LogP contribution >= 0.6 is 0 Å². The Morgan fingerprint density at radius 3 is 2.60 bits per heavy atom. The fourth-order valence-electron chi connectivity index (χ4n) is 1.35. The van der Waals surface area contributed by atoms with Gasteiger partial charge in [-0.15, -0.1) is 0 Å². The van der Waals surface area contributed by atoms with E-state index in [1.165, 1.54) is 0 Å². The summed E-state index contributed by atoms with van der Waals surface area (Å²) in [6.07, 6.45) is 0.571. The maximum Gasteiger partial charge on any atom is 0.186 e. The number of methoxy groups -OCH3 is 1. The van der Waals surface area contributed by atoms with Crippen LogP contribution in [-0.4, -0.2) is 24.1 Å². The second-order valence-electron chi connectivity index (χ2n) is 3.21. The quantitative estimate of drug-likeness (QED) is 0.831. The summed E-state index contributed by atoms with van der Waals surface area (Å²) in [5.74, 6) is 0.323. The van der Waals surface area contributed by atoms with Crippen LogP contribution in [0.25, 0.3) is 0 Å². The van der Waals surface area contributed by atoms with Gasteiger partial charge in [0.25, 0.3) is 0 Å². The predicted octanol–water partition coefficient (Wildman–Crippen LogP) is 2.06. The number of rotatable bonds is 4. The van der Waals surface area contributed by atoms with Crippen LogP contribution in [-0.2, 0) is 4.74 Å². The highest BCUT2D eigenvalue weighted by Crippen LogP contribution is 2.20. The molecule has 0 bridgehead atoms. The topological polar surface area (TPSA) is 47.0 Å². The summed E-state index contributed by atoms with van der Waals surface area (Å²) in [6.45, 7) is 3.58. The Morgan fingerprint density at radius 2 is 2.13 bits per heavy atom. The van der Waals surface area contributed by atoms with Gasteiger partial charge in [0.2, 0.25) is 0 Å². The number of hydrogen-bond donors (Lipinski definition) is 1. The molecule has 0 aliphatic carbocycles. The third-order valence-electron chi connectivity index (χ3n) is 2.21. The van der Waals surface area contributed by atoms with Gasteiger partial charge in [0.1, 0.15) is 6.10 Å². The van der Waals surface area contributed by atoms with Crippen molar-refractivity contribution in [1.29, 1.82) is 0 Å². The molecule has 1 atom stereocenters. The largest absolute Gasteiger partial charge is 0.373 e. The Labute approximate surface area is 88.9 Å². The highest BCUT2D eigenvalue weighted by molar-refractivity contribution is 5.37. The Morgan fingerprint density at radius 1 is 1.47 bits per heavy atom. The molecule has 15 heavy (non-hydrogen) atoms. The van der Waals surface area contributed by atoms with E-state index in [-0.39, 0.29) is 11.9 Å². The van der Waals surface area contributed by atoms with Gasteiger partial charge >= 0.3 is 0 Å². The van der Waals surface area contributed by atoms with Crippen molar-refractivity contribution in [1.82, 2.24) is 9.97 Å². The molecule has 0 saturated carbocycles. The highest BCUT2D eigenvalue weighted by Gasteiger charge is 2.16. The minimum Gasteiger partial charge on any atom is -0.373 e. The molecule has 1 aromatic heterocycles. The van der Waals surface area contributed by atoms with E-state index >= 15 is 0 Å². The van der Waals surface area contributed by atoms with E-state index in [0.29, 0.717) is 11.5 Å². The van der Waals surface area contributed by atoms with Crippen molar-refractivity contribution in [2.45, 2.75) is 26.4 Å². The Kier molecular flexibility index (Phi) is 3.96. The molecular formula is C10H16FN3O. The van der Waals surface area contributed by atoms with Gasteiger partial charge in [-0.05, 0) is 13.3 Å². The zero-order chi connectivity index (χ0) is 11.4. The Balaban J connectivity index is 3.15. The molecule has 0 saturated heterocycles. The van der Waals surface area contributed by atoms with E-state index in [9.17, 15) is 4.39 Å². The summed E-state index contributed by atoms with van der Waals surface area (Å²) in [7, 11) is 3.22. The third-order valence-corrected chi connectivity index (χ3v) is 2.21. The number of aromatic nitrogens is 2. The average molecular weight is 213 g/mol. The number of ether oxygens (including phenoxy) is 1. The molecule has 84 valence electrons. The molecule has 5 heteroatoms. The summed E-state index contributed by atoms with van der Waals surface area (Å²) in [5, 5.41) is 2.70. The SMILES string of the molecule is CCC(OC)c1nc(C)c(F)c(NC)n1. The number of nitrogens with one attached hydrogen (secondary N) is 1. The van der Waals surface area contributed by atoms with Gasteiger partial charge in [-0.25, -0.2) is 14.4 Å². The van der Waals surface area contributed by atoms with E-state index in [4.69, 9.17) is 4.74 Å². The first-order valence-corrected chi connectivity index (χ1v) is 4.88. The first-order chi connectivity index (χ1) is 7.13. The van der Waals surface area contributed by atoms with Crippen LogP contribution in [0.3, 0.4) is 0 Å². The molecule has 1 heterocycles. The van der Waals surface area contributed by atoms with E-state index in [1.807, 2.05) is 6.92 Å². The van der Waals surface area contributed by atoms with Crippen LogP contribution < -0.4 is 5.32 Å². The number of hydrogen-bond acceptors (Lipinski definition) is 4. The van der Waals surface area contributed by atoms with Crippen LogP contribution in [0, 0.1) is 12.7 Å². The van der Waals surface area contributed by atoms with Gasteiger partial charge in [-0.3, -0.25) is 0 Å². The first kappa shape index (κ1) is 11.8. The summed E-state index contributed by atoms with van der Waals surface area (Å²) >= 11 is 0. The van der Waals surface area contributed by atoms with Crippen molar-refractivity contribution in [3.63, 3.8) is 0 Å². The van der Waals surface area contributed by atoms with Gasteiger partial charge in [0.05, 0.1) is 5.69 Å². The first-order valence-electron chi connectivity index (χ1n) is 4.88. The molecule has 1 aromatic rings. The fourth-order valence-corrected chi connectivity index (χ4v) is 1.35. The molecule has 0 spiro atoms. The van der Waals surface area contributed by atoms with E-state index in [1.54, 1.807) is 21.1 Å². The van der Waals surface area contributed by atoms with E-state index in [0.717, 1.165) is 6.42 Å². The number of aryl methyl sites for hydroxylation is 1.